The molecule has 1 unspecified atom stereocenters. The molecule has 0 radical (unpaired) electrons. The monoisotopic (exact) mass is 205 g/mol. The molecule has 2 aliphatic carbocycles. The van der Waals surface area contributed by atoms with Crippen molar-refractivity contribution >= 4 is 0 Å². The van der Waals surface area contributed by atoms with Crippen LogP contribution >= 0.6 is 0 Å². The largest absolute Gasteiger partial charge is 0.331 e. The van der Waals surface area contributed by atoms with Gasteiger partial charge in [-0.1, -0.05) is 13.8 Å². The lowest BCUT2D eigenvalue weighted by atomic mass is 9.76. The molecule has 3 rings (SSSR count). The second-order valence-corrected chi connectivity index (χ2v) is 5.87. The molecule has 0 aromatic carbocycles. The van der Waals surface area contributed by atoms with Crippen LogP contribution < -0.4 is 5.73 Å². The second kappa shape index (κ2) is 2.85. The van der Waals surface area contributed by atoms with Crippen molar-refractivity contribution in [1.29, 1.82) is 0 Å². The molecule has 0 aliphatic heterocycles. The van der Waals surface area contributed by atoms with Gasteiger partial charge in [-0.25, -0.2) is 4.98 Å². The van der Waals surface area contributed by atoms with Crippen LogP contribution in [0.2, 0.25) is 0 Å². The number of imidazole rings is 1. The summed E-state index contributed by atoms with van der Waals surface area (Å²) in [5, 5.41) is 0. The summed E-state index contributed by atoms with van der Waals surface area (Å²) >= 11 is 0. The summed E-state index contributed by atoms with van der Waals surface area (Å²) in [5.41, 5.74) is 9.07. The standard InChI is InChI=1S/C12H19N3/c1-12(2)5-9(13)11-10(6-12)15(7-14-11)8-3-4-8/h7-9H,3-6,13H2,1-2H3. The minimum absolute atomic E-state index is 0.142. The molecule has 0 saturated heterocycles. The van der Waals surface area contributed by atoms with Crippen LogP contribution in [0.3, 0.4) is 0 Å². The van der Waals surface area contributed by atoms with Gasteiger partial charge in [0, 0.05) is 17.8 Å². The van der Waals surface area contributed by atoms with E-state index in [-0.39, 0.29) is 6.04 Å². The fourth-order valence-electron chi connectivity index (χ4n) is 2.78. The molecule has 1 fully saturated rings. The first-order valence-electron chi connectivity index (χ1n) is 5.88. The van der Waals surface area contributed by atoms with Gasteiger partial charge < -0.3 is 10.3 Å². The fourth-order valence-corrected chi connectivity index (χ4v) is 2.78. The highest BCUT2D eigenvalue weighted by Gasteiger charge is 2.36. The molecule has 1 saturated carbocycles. The average molecular weight is 205 g/mol. The summed E-state index contributed by atoms with van der Waals surface area (Å²) in [4.78, 5) is 4.50. The van der Waals surface area contributed by atoms with Gasteiger partial charge in [0.25, 0.3) is 0 Å². The molecular weight excluding hydrogens is 186 g/mol. The summed E-state index contributed by atoms with van der Waals surface area (Å²) in [7, 11) is 0. The Morgan fingerprint density at radius 2 is 2.20 bits per heavy atom. The minimum atomic E-state index is 0.142. The molecule has 82 valence electrons. The number of aromatic nitrogens is 2. The van der Waals surface area contributed by atoms with E-state index in [4.69, 9.17) is 5.73 Å². The van der Waals surface area contributed by atoms with Crippen molar-refractivity contribution in [2.24, 2.45) is 11.1 Å². The smallest absolute Gasteiger partial charge is 0.0954 e. The van der Waals surface area contributed by atoms with Crippen LogP contribution in [0.1, 0.15) is 56.6 Å². The molecule has 1 heterocycles. The van der Waals surface area contributed by atoms with E-state index in [1.165, 1.54) is 18.5 Å². The summed E-state index contributed by atoms with van der Waals surface area (Å²) in [6.07, 6.45) is 6.83. The van der Waals surface area contributed by atoms with Crippen molar-refractivity contribution in [3.8, 4) is 0 Å². The normalized spacial score (nSPS) is 28.9. The van der Waals surface area contributed by atoms with Gasteiger partial charge in [0.05, 0.1) is 12.0 Å². The van der Waals surface area contributed by atoms with Crippen molar-refractivity contribution in [2.45, 2.75) is 51.6 Å². The van der Waals surface area contributed by atoms with Crippen LogP contribution in [0, 0.1) is 5.41 Å². The van der Waals surface area contributed by atoms with Crippen LogP contribution in [0.5, 0.6) is 0 Å². The van der Waals surface area contributed by atoms with Crippen LogP contribution in [0.25, 0.3) is 0 Å². The third-order valence-electron chi connectivity index (χ3n) is 3.64. The average Bonchev–Trinajstić information content (AvgIpc) is 2.86. The molecule has 3 nitrogen and oxygen atoms in total. The second-order valence-electron chi connectivity index (χ2n) is 5.87. The lowest BCUT2D eigenvalue weighted by molar-refractivity contribution is 0.273. The van der Waals surface area contributed by atoms with Gasteiger partial charge in [0.1, 0.15) is 0 Å². The number of hydrogen-bond donors (Lipinski definition) is 1. The molecule has 15 heavy (non-hydrogen) atoms. The lowest BCUT2D eigenvalue weighted by Gasteiger charge is -2.33. The molecule has 0 bridgehead atoms. The zero-order chi connectivity index (χ0) is 10.6. The molecule has 2 aliphatic rings. The Hall–Kier alpha value is -0.830. The molecule has 3 heteroatoms. The highest BCUT2D eigenvalue weighted by Crippen LogP contribution is 2.43. The van der Waals surface area contributed by atoms with Crippen molar-refractivity contribution in [3.05, 3.63) is 17.7 Å². The van der Waals surface area contributed by atoms with E-state index in [0.717, 1.165) is 24.6 Å². The highest BCUT2D eigenvalue weighted by molar-refractivity contribution is 5.24. The van der Waals surface area contributed by atoms with Gasteiger partial charge in [0.15, 0.2) is 0 Å². The SMILES string of the molecule is CC1(C)Cc2c(ncn2C2CC2)C(N)C1. The first-order chi connectivity index (χ1) is 7.07. The maximum Gasteiger partial charge on any atom is 0.0954 e. The number of fused-ring (bicyclic) bond motifs is 1. The first kappa shape index (κ1) is 9.40. The van der Waals surface area contributed by atoms with Crippen LogP contribution in [-0.4, -0.2) is 9.55 Å². The number of hydrogen-bond acceptors (Lipinski definition) is 2. The Balaban J connectivity index is 2.04. The van der Waals surface area contributed by atoms with E-state index in [1.807, 2.05) is 6.33 Å². The Bertz CT molecular complexity index is 374. The predicted molar refractivity (Wildman–Crippen MR) is 59.5 cm³/mol. The van der Waals surface area contributed by atoms with E-state index < -0.39 is 0 Å². The molecule has 0 amide bonds. The summed E-state index contributed by atoms with van der Waals surface area (Å²) in [6.45, 7) is 4.61. The van der Waals surface area contributed by atoms with Gasteiger partial charge >= 0.3 is 0 Å². The Labute approximate surface area is 90.7 Å². The Kier molecular flexibility index (Phi) is 1.78. The third kappa shape index (κ3) is 1.49. The van der Waals surface area contributed by atoms with Crippen molar-refractivity contribution in [3.63, 3.8) is 0 Å². The summed E-state index contributed by atoms with van der Waals surface area (Å²) in [6, 6.07) is 0.867. The summed E-state index contributed by atoms with van der Waals surface area (Å²) < 4.78 is 2.37. The number of rotatable bonds is 1. The quantitative estimate of drug-likeness (QED) is 0.763. The zero-order valence-electron chi connectivity index (χ0n) is 9.53. The van der Waals surface area contributed by atoms with E-state index in [9.17, 15) is 0 Å². The van der Waals surface area contributed by atoms with Gasteiger partial charge in [-0.15, -0.1) is 0 Å². The third-order valence-corrected chi connectivity index (χ3v) is 3.64. The van der Waals surface area contributed by atoms with Gasteiger partial charge in [-0.3, -0.25) is 0 Å². The first-order valence-corrected chi connectivity index (χ1v) is 5.88. The van der Waals surface area contributed by atoms with Crippen molar-refractivity contribution in [1.82, 2.24) is 9.55 Å². The van der Waals surface area contributed by atoms with Crippen LogP contribution in [0.15, 0.2) is 6.33 Å². The van der Waals surface area contributed by atoms with Gasteiger partial charge in [0.2, 0.25) is 0 Å². The Morgan fingerprint density at radius 1 is 1.47 bits per heavy atom. The lowest BCUT2D eigenvalue weighted by Crippen LogP contribution is -2.30. The van der Waals surface area contributed by atoms with Gasteiger partial charge in [-0.2, -0.15) is 0 Å². The molecular formula is C12H19N3. The summed E-state index contributed by atoms with van der Waals surface area (Å²) in [5.74, 6) is 0. The van der Waals surface area contributed by atoms with E-state index in [2.05, 4.69) is 23.4 Å². The number of nitrogens with zero attached hydrogens (tertiary/aromatic N) is 2. The van der Waals surface area contributed by atoms with E-state index in [1.54, 1.807) is 0 Å². The van der Waals surface area contributed by atoms with Gasteiger partial charge in [-0.05, 0) is 31.1 Å². The topological polar surface area (TPSA) is 43.8 Å². The maximum absolute atomic E-state index is 6.18. The van der Waals surface area contributed by atoms with E-state index in [0.29, 0.717) is 5.41 Å². The highest BCUT2D eigenvalue weighted by atomic mass is 15.1. The molecule has 1 aromatic rings. The molecule has 2 N–H and O–H groups in total. The predicted octanol–water partition coefficient (Wildman–Crippen LogP) is 2.19. The van der Waals surface area contributed by atoms with Crippen LogP contribution in [0.4, 0.5) is 0 Å². The fraction of sp³-hybridized carbons (Fsp3) is 0.750. The molecule has 1 atom stereocenters. The minimum Gasteiger partial charge on any atom is -0.331 e. The van der Waals surface area contributed by atoms with Crippen LogP contribution in [-0.2, 0) is 6.42 Å². The van der Waals surface area contributed by atoms with Crippen molar-refractivity contribution in [2.75, 3.05) is 0 Å². The maximum atomic E-state index is 6.18. The Morgan fingerprint density at radius 3 is 2.87 bits per heavy atom. The molecule has 1 aromatic heterocycles. The molecule has 0 spiro atoms. The number of nitrogens with two attached hydrogens (primary N) is 1. The zero-order valence-corrected chi connectivity index (χ0v) is 9.53. The van der Waals surface area contributed by atoms with E-state index >= 15 is 0 Å². The van der Waals surface area contributed by atoms with Crippen molar-refractivity contribution < 1.29 is 0 Å².